The van der Waals surface area contributed by atoms with E-state index in [0.717, 1.165) is 17.1 Å². The van der Waals surface area contributed by atoms with Crippen molar-refractivity contribution in [2.75, 3.05) is 4.90 Å². The highest BCUT2D eigenvalue weighted by Gasteiger charge is 2.17. The average Bonchev–Trinajstić information content (AvgIpc) is 3.27. The summed E-state index contributed by atoms with van der Waals surface area (Å²) in [6, 6.07) is 81.4. The van der Waals surface area contributed by atoms with E-state index in [0.29, 0.717) is 0 Å². The monoisotopic (exact) mass is 699 g/mol. The lowest BCUT2D eigenvalue weighted by atomic mass is 9.89. The third-order valence-corrected chi connectivity index (χ3v) is 10.9. The van der Waals surface area contributed by atoms with Crippen LogP contribution in [0.3, 0.4) is 0 Å². The van der Waals surface area contributed by atoms with Crippen LogP contribution in [0.2, 0.25) is 0 Å². The number of fused-ring (bicyclic) bond motifs is 4. The SMILES string of the molecule is c1ccc(-c2ccc(N(c3ccc(-c4c(-c5ccccc5)ccc5ccccc45)cc3)c3ccc(-c4cc5ccccc5c5ccccc45)cc3)cc2)cc1. The van der Waals surface area contributed by atoms with Gasteiger partial charge in [0, 0.05) is 17.1 Å². The Morgan fingerprint density at radius 3 is 1.31 bits per heavy atom. The van der Waals surface area contributed by atoms with Gasteiger partial charge in [0.2, 0.25) is 0 Å². The van der Waals surface area contributed by atoms with Crippen molar-refractivity contribution in [2.45, 2.75) is 0 Å². The molecule has 1 heteroatoms. The molecule has 0 saturated carbocycles. The molecular weight excluding hydrogens is 663 g/mol. The maximum atomic E-state index is 2.36. The van der Waals surface area contributed by atoms with Crippen molar-refractivity contribution in [1.29, 1.82) is 0 Å². The first-order chi connectivity index (χ1) is 27.3. The number of hydrogen-bond donors (Lipinski definition) is 0. The van der Waals surface area contributed by atoms with E-state index in [1.807, 2.05) is 0 Å². The van der Waals surface area contributed by atoms with Crippen LogP contribution in [0.25, 0.3) is 76.8 Å². The number of hydrogen-bond acceptors (Lipinski definition) is 1. The first kappa shape index (κ1) is 32.4. The highest BCUT2D eigenvalue weighted by molar-refractivity contribution is 6.14. The van der Waals surface area contributed by atoms with Crippen LogP contribution < -0.4 is 4.90 Å². The Morgan fingerprint density at radius 2 is 0.673 bits per heavy atom. The van der Waals surface area contributed by atoms with Gasteiger partial charge >= 0.3 is 0 Å². The maximum Gasteiger partial charge on any atom is 0.0462 e. The molecule has 1 nitrogen and oxygen atoms in total. The lowest BCUT2D eigenvalue weighted by molar-refractivity contribution is 1.28. The molecule has 0 spiro atoms. The molecule has 55 heavy (non-hydrogen) atoms. The molecule has 10 aromatic carbocycles. The molecule has 0 aromatic heterocycles. The molecule has 0 unspecified atom stereocenters. The second-order valence-electron chi connectivity index (χ2n) is 14.1. The van der Waals surface area contributed by atoms with Gasteiger partial charge in [-0.25, -0.2) is 0 Å². The van der Waals surface area contributed by atoms with Crippen molar-refractivity contribution in [3.05, 3.63) is 224 Å². The Bertz CT molecular complexity index is 2930. The molecule has 0 aliphatic rings. The van der Waals surface area contributed by atoms with Gasteiger partial charge in [0.05, 0.1) is 0 Å². The van der Waals surface area contributed by atoms with Crippen molar-refractivity contribution in [1.82, 2.24) is 0 Å². The molecule has 0 bridgehead atoms. The predicted molar refractivity (Wildman–Crippen MR) is 235 cm³/mol. The van der Waals surface area contributed by atoms with Crippen LogP contribution in [-0.4, -0.2) is 0 Å². The summed E-state index contributed by atoms with van der Waals surface area (Å²) in [4.78, 5) is 2.36. The smallest absolute Gasteiger partial charge is 0.0462 e. The van der Waals surface area contributed by atoms with Crippen molar-refractivity contribution in [3.63, 3.8) is 0 Å². The highest BCUT2D eigenvalue weighted by atomic mass is 15.1. The number of rotatable bonds is 7. The normalized spacial score (nSPS) is 11.3. The molecule has 0 aliphatic heterocycles. The van der Waals surface area contributed by atoms with E-state index in [1.54, 1.807) is 0 Å². The summed E-state index contributed by atoms with van der Waals surface area (Å²) in [5.74, 6) is 0. The zero-order chi connectivity index (χ0) is 36.6. The Hall–Kier alpha value is -7.22. The van der Waals surface area contributed by atoms with Crippen molar-refractivity contribution in [2.24, 2.45) is 0 Å². The molecule has 0 aliphatic carbocycles. The fraction of sp³-hybridized carbons (Fsp3) is 0. The Morgan fingerprint density at radius 1 is 0.236 bits per heavy atom. The minimum Gasteiger partial charge on any atom is -0.311 e. The molecular formula is C54H37N. The highest BCUT2D eigenvalue weighted by Crippen LogP contribution is 2.42. The van der Waals surface area contributed by atoms with Crippen LogP contribution in [0.5, 0.6) is 0 Å². The van der Waals surface area contributed by atoms with Crippen molar-refractivity contribution in [3.8, 4) is 44.5 Å². The number of anilines is 3. The van der Waals surface area contributed by atoms with Gasteiger partial charge in [-0.3, -0.25) is 0 Å². The summed E-state index contributed by atoms with van der Waals surface area (Å²) in [5.41, 5.74) is 13.0. The molecule has 0 amide bonds. The lowest BCUT2D eigenvalue weighted by Crippen LogP contribution is -2.09. The minimum absolute atomic E-state index is 1.10. The largest absolute Gasteiger partial charge is 0.311 e. The third kappa shape index (κ3) is 6.02. The van der Waals surface area contributed by atoms with Crippen LogP contribution in [0, 0.1) is 0 Å². The first-order valence-electron chi connectivity index (χ1n) is 18.9. The Balaban J connectivity index is 1.09. The standard InChI is InChI=1S/C54H37N/c1-3-13-38(14-4-1)39-23-30-45(31-24-39)55(46-32-25-42(26-33-46)53-37-44-18-8-9-19-48(44)51-21-11-12-22-52(51)53)47-34-27-43(28-35-47)54-49-20-10-7-17-41(49)29-36-50(54)40-15-5-2-6-16-40/h1-37H. The van der Waals surface area contributed by atoms with Crippen LogP contribution in [-0.2, 0) is 0 Å². The lowest BCUT2D eigenvalue weighted by Gasteiger charge is -2.26. The molecule has 0 fully saturated rings. The molecule has 0 atom stereocenters. The number of benzene rings is 10. The van der Waals surface area contributed by atoms with E-state index in [4.69, 9.17) is 0 Å². The molecule has 0 heterocycles. The molecule has 0 N–H and O–H groups in total. The minimum atomic E-state index is 1.10. The third-order valence-electron chi connectivity index (χ3n) is 10.9. The number of nitrogens with zero attached hydrogens (tertiary/aromatic N) is 1. The quantitative estimate of drug-likeness (QED) is 0.150. The second kappa shape index (κ2) is 14.0. The van der Waals surface area contributed by atoms with Gasteiger partial charge in [0.15, 0.2) is 0 Å². The van der Waals surface area contributed by atoms with Crippen LogP contribution >= 0.6 is 0 Å². The molecule has 258 valence electrons. The van der Waals surface area contributed by atoms with E-state index in [1.165, 1.54) is 76.8 Å². The van der Waals surface area contributed by atoms with Gasteiger partial charge in [-0.05, 0) is 119 Å². The fourth-order valence-corrected chi connectivity index (χ4v) is 8.18. The first-order valence-corrected chi connectivity index (χ1v) is 18.9. The van der Waals surface area contributed by atoms with Crippen LogP contribution in [0.4, 0.5) is 17.1 Å². The van der Waals surface area contributed by atoms with E-state index >= 15 is 0 Å². The van der Waals surface area contributed by atoms with Gasteiger partial charge in [0.25, 0.3) is 0 Å². The summed E-state index contributed by atoms with van der Waals surface area (Å²) in [6.45, 7) is 0. The zero-order valence-corrected chi connectivity index (χ0v) is 30.3. The fourth-order valence-electron chi connectivity index (χ4n) is 8.18. The molecule has 0 radical (unpaired) electrons. The Kier molecular flexibility index (Phi) is 8.24. The van der Waals surface area contributed by atoms with Gasteiger partial charge in [-0.2, -0.15) is 0 Å². The second-order valence-corrected chi connectivity index (χ2v) is 14.1. The van der Waals surface area contributed by atoms with Gasteiger partial charge < -0.3 is 4.90 Å². The van der Waals surface area contributed by atoms with Crippen molar-refractivity contribution >= 4 is 49.4 Å². The summed E-state index contributed by atoms with van der Waals surface area (Å²) in [5, 5.41) is 7.57. The van der Waals surface area contributed by atoms with E-state index in [2.05, 4.69) is 229 Å². The maximum absolute atomic E-state index is 2.36. The van der Waals surface area contributed by atoms with Crippen LogP contribution in [0.15, 0.2) is 224 Å². The van der Waals surface area contributed by atoms with Crippen LogP contribution in [0.1, 0.15) is 0 Å². The Labute approximate surface area is 322 Å². The summed E-state index contributed by atoms with van der Waals surface area (Å²) >= 11 is 0. The summed E-state index contributed by atoms with van der Waals surface area (Å²) in [6.07, 6.45) is 0. The molecule has 10 aromatic rings. The van der Waals surface area contributed by atoms with E-state index in [-0.39, 0.29) is 0 Å². The van der Waals surface area contributed by atoms with Gasteiger partial charge in [-0.1, -0.05) is 182 Å². The van der Waals surface area contributed by atoms with Gasteiger partial charge in [-0.15, -0.1) is 0 Å². The topological polar surface area (TPSA) is 3.24 Å². The molecule has 0 saturated heterocycles. The van der Waals surface area contributed by atoms with Crippen molar-refractivity contribution < 1.29 is 0 Å². The zero-order valence-electron chi connectivity index (χ0n) is 30.3. The molecule has 10 rings (SSSR count). The summed E-state index contributed by atoms with van der Waals surface area (Å²) in [7, 11) is 0. The average molecular weight is 700 g/mol. The van der Waals surface area contributed by atoms with Gasteiger partial charge in [0.1, 0.15) is 0 Å². The van der Waals surface area contributed by atoms with E-state index < -0.39 is 0 Å². The van der Waals surface area contributed by atoms with E-state index in [9.17, 15) is 0 Å². The summed E-state index contributed by atoms with van der Waals surface area (Å²) < 4.78 is 0. The predicted octanol–water partition coefficient (Wildman–Crippen LogP) is 15.3.